The first kappa shape index (κ1) is 16.2. The number of rotatable bonds is 7. The molecule has 0 N–H and O–H groups in total. The van der Waals surface area contributed by atoms with E-state index in [0.29, 0.717) is 0 Å². The second-order valence-electron chi connectivity index (χ2n) is 5.27. The van der Waals surface area contributed by atoms with Gasteiger partial charge in [0.05, 0.1) is 0 Å². The van der Waals surface area contributed by atoms with Crippen molar-refractivity contribution in [2.24, 2.45) is 0 Å². The fourth-order valence-electron chi connectivity index (χ4n) is 2.26. The molecule has 0 radical (unpaired) electrons. The maximum absolute atomic E-state index is 5.47. The molecule has 4 nitrogen and oxygen atoms in total. The van der Waals surface area contributed by atoms with Crippen LogP contribution in [-0.2, 0) is 22.4 Å². The Kier molecular flexibility index (Phi) is 6.52. The third-order valence-corrected chi connectivity index (χ3v) is 2.92. The van der Waals surface area contributed by atoms with E-state index in [1.54, 1.807) is 14.2 Å². The van der Waals surface area contributed by atoms with Crippen LogP contribution in [0.4, 0.5) is 0 Å². The number of hydrogen-bond acceptors (Lipinski definition) is 4. The average Bonchev–Trinajstić information content (AvgIpc) is 2.32. The number of hydrogen-bond donors (Lipinski definition) is 0. The highest BCUT2D eigenvalue weighted by atomic mass is 16.6. The SMILES string of the molecule is COB(OC)c1c(CN(C)C)cccc1CN(C)C. The molecule has 1 aromatic carbocycles. The first-order valence-electron chi connectivity index (χ1n) is 6.45. The summed E-state index contributed by atoms with van der Waals surface area (Å²) < 4.78 is 10.9. The predicted octanol–water partition coefficient (Wildman–Crippen LogP) is 0.798. The van der Waals surface area contributed by atoms with E-state index >= 15 is 0 Å². The molecule has 0 aliphatic carbocycles. The van der Waals surface area contributed by atoms with Gasteiger partial charge in [0.1, 0.15) is 0 Å². The van der Waals surface area contributed by atoms with Gasteiger partial charge in [-0.25, -0.2) is 0 Å². The van der Waals surface area contributed by atoms with Crippen molar-refractivity contribution in [3.8, 4) is 0 Å². The lowest BCUT2D eigenvalue weighted by molar-refractivity contribution is 0.290. The summed E-state index contributed by atoms with van der Waals surface area (Å²) >= 11 is 0. The molecule has 0 aliphatic heterocycles. The topological polar surface area (TPSA) is 24.9 Å². The summed E-state index contributed by atoms with van der Waals surface area (Å²) in [6.07, 6.45) is 0. The van der Waals surface area contributed by atoms with E-state index in [2.05, 4.69) is 56.2 Å². The Morgan fingerprint density at radius 3 is 1.63 bits per heavy atom. The van der Waals surface area contributed by atoms with Crippen LogP contribution in [0.25, 0.3) is 0 Å². The molecule has 0 bridgehead atoms. The molecular formula is C14H25BN2O2. The van der Waals surface area contributed by atoms with Crippen LogP contribution in [0.1, 0.15) is 11.1 Å². The molecule has 19 heavy (non-hydrogen) atoms. The van der Waals surface area contributed by atoms with Gasteiger partial charge < -0.3 is 19.1 Å². The second kappa shape index (κ2) is 7.65. The zero-order chi connectivity index (χ0) is 14.4. The molecule has 0 fully saturated rings. The Hall–Kier alpha value is -0.875. The van der Waals surface area contributed by atoms with Crippen LogP contribution in [0.3, 0.4) is 0 Å². The summed E-state index contributed by atoms with van der Waals surface area (Å²) in [7, 11) is 11.3. The number of nitrogens with zero attached hydrogens (tertiary/aromatic N) is 2. The van der Waals surface area contributed by atoms with E-state index in [-0.39, 0.29) is 7.12 Å². The molecule has 1 rings (SSSR count). The van der Waals surface area contributed by atoms with Crippen LogP contribution in [-0.4, -0.2) is 59.3 Å². The molecule has 0 saturated heterocycles. The second-order valence-corrected chi connectivity index (χ2v) is 5.27. The molecule has 5 heteroatoms. The molecular weight excluding hydrogens is 239 g/mol. The lowest BCUT2D eigenvalue weighted by atomic mass is 9.72. The normalized spacial score (nSPS) is 11.4. The maximum Gasteiger partial charge on any atom is 0.494 e. The Morgan fingerprint density at radius 2 is 1.32 bits per heavy atom. The molecule has 0 amide bonds. The van der Waals surface area contributed by atoms with Crippen molar-refractivity contribution in [3.63, 3.8) is 0 Å². The standard InChI is InChI=1S/C14H25BN2O2/c1-16(2)10-12-8-7-9-13(11-17(3)4)14(12)15(18-5)19-6/h7-9H,10-11H2,1-6H3. The van der Waals surface area contributed by atoms with Crippen LogP contribution >= 0.6 is 0 Å². The lowest BCUT2D eigenvalue weighted by Gasteiger charge is -2.22. The van der Waals surface area contributed by atoms with Gasteiger partial charge in [-0.1, -0.05) is 18.2 Å². The van der Waals surface area contributed by atoms with E-state index in [1.807, 2.05) is 0 Å². The maximum atomic E-state index is 5.47. The minimum Gasteiger partial charge on any atom is -0.410 e. The summed E-state index contributed by atoms with van der Waals surface area (Å²) in [5.74, 6) is 0. The van der Waals surface area contributed by atoms with Gasteiger partial charge in [0.2, 0.25) is 0 Å². The summed E-state index contributed by atoms with van der Waals surface area (Å²) in [5.41, 5.74) is 3.64. The van der Waals surface area contributed by atoms with Crippen molar-refractivity contribution in [2.45, 2.75) is 13.1 Å². The highest BCUT2D eigenvalue weighted by Crippen LogP contribution is 2.09. The van der Waals surface area contributed by atoms with Crippen molar-refractivity contribution in [1.82, 2.24) is 9.80 Å². The van der Waals surface area contributed by atoms with Gasteiger partial charge in [-0.2, -0.15) is 0 Å². The van der Waals surface area contributed by atoms with Crippen LogP contribution in [0, 0.1) is 0 Å². The molecule has 0 saturated carbocycles. The molecule has 0 spiro atoms. The van der Waals surface area contributed by atoms with E-state index in [1.165, 1.54) is 11.1 Å². The summed E-state index contributed by atoms with van der Waals surface area (Å²) in [5, 5.41) is 0. The van der Waals surface area contributed by atoms with E-state index in [4.69, 9.17) is 9.31 Å². The quantitative estimate of drug-likeness (QED) is 0.680. The molecule has 0 unspecified atom stereocenters. The molecule has 0 aliphatic rings. The third kappa shape index (κ3) is 4.62. The van der Waals surface area contributed by atoms with Crippen molar-refractivity contribution in [1.29, 1.82) is 0 Å². The van der Waals surface area contributed by atoms with Crippen molar-refractivity contribution in [3.05, 3.63) is 29.3 Å². The molecule has 0 atom stereocenters. The van der Waals surface area contributed by atoms with Crippen LogP contribution in [0.5, 0.6) is 0 Å². The minimum absolute atomic E-state index is 0.314. The highest BCUT2D eigenvalue weighted by Gasteiger charge is 2.25. The minimum atomic E-state index is -0.314. The number of benzene rings is 1. The van der Waals surface area contributed by atoms with Gasteiger partial charge >= 0.3 is 7.12 Å². The van der Waals surface area contributed by atoms with Gasteiger partial charge in [0, 0.05) is 27.3 Å². The fraction of sp³-hybridized carbons (Fsp3) is 0.571. The van der Waals surface area contributed by atoms with E-state index in [0.717, 1.165) is 18.6 Å². The zero-order valence-electron chi connectivity index (χ0n) is 12.9. The Balaban J connectivity index is 3.22. The van der Waals surface area contributed by atoms with Gasteiger partial charge in [-0.15, -0.1) is 0 Å². The molecule has 1 aromatic rings. The van der Waals surface area contributed by atoms with E-state index in [9.17, 15) is 0 Å². The highest BCUT2D eigenvalue weighted by molar-refractivity contribution is 6.62. The van der Waals surface area contributed by atoms with E-state index < -0.39 is 0 Å². The first-order valence-corrected chi connectivity index (χ1v) is 6.45. The van der Waals surface area contributed by atoms with Crippen LogP contribution in [0.15, 0.2) is 18.2 Å². The smallest absolute Gasteiger partial charge is 0.410 e. The molecule has 106 valence electrons. The molecule has 0 heterocycles. The Bertz CT molecular complexity index is 365. The van der Waals surface area contributed by atoms with Crippen molar-refractivity contribution in [2.75, 3.05) is 42.4 Å². The van der Waals surface area contributed by atoms with Crippen molar-refractivity contribution < 1.29 is 9.31 Å². The van der Waals surface area contributed by atoms with Gasteiger partial charge in [-0.05, 0) is 44.8 Å². The van der Waals surface area contributed by atoms with Crippen LogP contribution < -0.4 is 5.46 Å². The summed E-state index contributed by atoms with van der Waals surface area (Å²) in [4.78, 5) is 4.31. The monoisotopic (exact) mass is 264 g/mol. The van der Waals surface area contributed by atoms with Gasteiger partial charge in [0.15, 0.2) is 0 Å². The Labute approximate surface area is 117 Å². The fourth-order valence-corrected chi connectivity index (χ4v) is 2.26. The average molecular weight is 264 g/mol. The summed E-state index contributed by atoms with van der Waals surface area (Å²) in [6.45, 7) is 1.75. The molecule has 0 aromatic heterocycles. The lowest BCUT2D eigenvalue weighted by Crippen LogP contribution is -2.41. The first-order chi connectivity index (χ1) is 8.99. The van der Waals surface area contributed by atoms with Gasteiger partial charge in [-0.3, -0.25) is 0 Å². The third-order valence-electron chi connectivity index (χ3n) is 2.92. The predicted molar refractivity (Wildman–Crippen MR) is 80.6 cm³/mol. The zero-order valence-corrected chi connectivity index (χ0v) is 12.9. The largest absolute Gasteiger partial charge is 0.494 e. The van der Waals surface area contributed by atoms with Crippen molar-refractivity contribution >= 4 is 12.6 Å². The Morgan fingerprint density at radius 1 is 0.895 bits per heavy atom. The van der Waals surface area contributed by atoms with Gasteiger partial charge in [0.25, 0.3) is 0 Å². The van der Waals surface area contributed by atoms with Crippen LogP contribution in [0.2, 0.25) is 0 Å². The summed E-state index contributed by atoms with van der Waals surface area (Å²) in [6, 6.07) is 6.38.